The lowest BCUT2D eigenvalue weighted by molar-refractivity contribution is 0.634. The van der Waals surface area contributed by atoms with Gasteiger partial charge in [0.2, 0.25) is 0 Å². The molecular formula is C15H19N5. The van der Waals surface area contributed by atoms with Gasteiger partial charge >= 0.3 is 0 Å². The SMILES string of the molecule is CCc1c(NN)ncnc1NCC1Cc2ccccc21. The van der Waals surface area contributed by atoms with Gasteiger partial charge in [-0.05, 0) is 24.0 Å². The zero-order valence-corrected chi connectivity index (χ0v) is 11.6. The molecule has 5 nitrogen and oxygen atoms in total. The molecular weight excluding hydrogens is 250 g/mol. The van der Waals surface area contributed by atoms with Crippen LogP contribution in [0.2, 0.25) is 0 Å². The van der Waals surface area contributed by atoms with Crippen LogP contribution in [0.1, 0.15) is 29.5 Å². The molecule has 0 fully saturated rings. The average molecular weight is 269 g/mol. The maximum absolute atomic E-state index is 5.48. The highest BCUT2D eigenvalue weighted by molar-refractivity contribution is 5.57. The molecule has 1 heterocycles. The lowest BCUT2D eigenvalue weighted by Crippen LogP contribution is -2.25. The zero-order valence-electron chi connectivity index (χ0n) is 11.6. The van der Waals surface area contributed by atoms with Crippen molar-refractivity contribution in [2.45, 2.75) is 25.7 Å². The molecule has 0 radical (unpaired) electrons. The molecule has 1 atom stereocenters. The molecule has 1 aromatic heterocycles. The third-order valence-corrected chi connectivity index (χ3v) is 3.91. The van der Waals surface area contributed by atoms with Crippen LogP contribution < -0.4 is 16.6 Å². The monoisotopic (exact) mass is 269 g/mol. The first-order valence-corrected chi connectivity index (χ1v) is 6.95. The third kappa shape index (κ3) is 2.20. The van der Waals surface area contributed by atoms with Gasteiger partial charge in [0.15, 0.2) is 0 Å². The van der Waals surface area contributed by atoms with Crippen molar-refractivity contribution in [1.82, 2.24) is 9.97 Å². The Hall–Kier alpha value is -2.14. The highest BCUT2D eigenvalue weighted by Crippen LogP contribution is 2.35. The third-order valence-electron chi connectivity index (χ3n) is 3.91. The Morgan fingerprint density at radius 3 is 2.80 bits per heavy atom. The summed E-state index contributed by atoms with van der Waals surface area (Å²) in [5.74, 6) is 7.62. The van der Waals surface area contributed by atoms with Crippen molar-refractivity contribution in [2.24, 2.45) is 5.84 Å². The summed E-state index contributed by atoms with van der Waals surface area (Å²) in [6.07, 6.45) is 3.51. The molecule has 0 aliphatic heterocycles. The smallest absolute Gasteiger partial charge is 0.148 e. The van der Waals surface area contributed by atoms with E-state index >= 15 is 0 Å². The van der Waals surface area contributed by atoms with Gasteiger partial charge in [-0.3, -0.25) is 0 Å². The summed E-state index contributed by atoms with van der Waals surface area (Å²) >= 11 is 0. The van der Waals surface area contributed by atoms with Crippen LogP contribution in [0.3, 0.4) is 0 Å². The molecule has 20 heavy (non-hydrogen) atoms. The van der Waals surface area contributed by atoms with Crippen LogP contribution in [0.4, 0.5) is 11.6 Å². The van der Waals surface area contributed by atoms with Gasteiger partial charge in [0.25, 0.3) is 0 Å². The van der Waals surface area contributed by atoms with Gasteiger partial charge in [0, 0.05) is 18.0 Å². The highest BCUT2D eigenvalue weighted by Gasteiger charge is 2.25. The summed E-state index contributed by atoms with van der Waals surface area (Å²) < 4.78 is 0. The largest absolute Gasteiger partial charge is 0.369 e. The van der Waals surface area contributed by atoms with Crippen LogP contribution in [-0.2, 0) is 12.8 Å². The minimum absolute atomic E-state index is 0.570. The quantitative estimate of drug-likeness (QED) is 0.572. The molecule has 104 valence electrons. The van der Waals surface area contributed by atoms with Crippen molar-refractivity contribution in [3.05, 3.63) is 47.3 Å². The van der Waals surface area contributed by atoms with Crippen LogP contribution in [0.15, 0.2) is 30.6 Å². The number of nitrogen functional groups attached to an aromatic ring is 1. The number of fused-ring (bicyclic) bond motifs is 1. The molecule has 0 bridgehead atoms. The number of hydrogen-bond donors (Lipinski definition) is 3. The number of nitrogens with zero attached hydrogens (tertiary/aromatic N) is 2. The topological polar surface area (TPSA) is 75.9 Å². The van der Waals surface area contributed by atoms with Crippen LogP contribution in [-0.4, -0.2) is 16.5 Å². The summed E-state index contributed by atoms with van der Waals surface area (Å²) in [6.45, 7) is 2.97. The van der Waals surface area contributed by atoms with E-state index in [4.69, 9.17) is 5.84 Å². The van der Waals surface area contributed by atoms with Gasteiger partial charge in [-0.15, -0.1) is 0 Å². The Labute approximate surface area is 118 Å². The van der Waals surface area contributed by atoms with Gasteiger partial charge in [0.05, 0.1) is 0 Å². The summed E-state index contributed by atoms with van der Waals surface area (Å²) in [7, 11) is 0. The van der Waals surface area contributed by atoms with Crippen LogP contribution in [0.25, 0.3) is 0 Å². The van der Waals surface area contributed by atoms with Crippen molar-refractivity contribution in [3.8, 4) is 0 Å². The lowest BCUT2D eigenvalue weighted by atomic mass is 9.77. The van der Waals surface area contributed by atoms with Gasteiger partial charge in [0.1, 0.15) is 18.0 Å². The average Bonchev–Trinajstić information content (AvgIpc) is 2.47. The number of hydrazine groups is 1. The van der Waals surface area contributed by atoms with E-state index in [1.807, 2.05) is 0 Å². The van der Waals surface area contributed by atoms with Gasteiger partial charge < -0.3 is 10.7 Å². The number of aromatic nitrogens is 2. The first-order valence-electron chi connectivity index (χ1n) is 6.95. The molecule has 5 heteroatoms. The second-order valence-corrected chi connectivity index (χ2v) is 5.03. The van der Waals surface area contributed by atoms with E-state index in [1.54, 1.807) is 0 Å². The predicted octanol–water partition coefficient (Wildman–Crippen LogP) is 2.08. The molecule has 1 unspecified atom stereocenters. The van der Waals surface area contributed by atoms with Gasteiger partial charge in [-0.25, -0.2) is 15.8 Å². The lowest BCUT2D eigenvalue weighted by Gasteiger charge is -2.30. The number of nitrogens with two attached hydrogens (primary N) is 1. The number of rotatable bonds is 5. The van der Waals surface area contributed by atoms with Crippen molar-refractivity contribution >= 4 is 11.6 Å². The predicted molar refractivity (Wildman–Crippen MR) is 80.6 cm³/mol. The highest BCUT2D eigenvalue weighted by atomic mass is 15.3. The molecule has 0 amide bonds. The molecule has 2 aromatic rings. The summed E-state index contributed by atoms with van der Waals surface area (Å²) in [5, 5.41) is 3.44. The Bertz CT molecular complexity index is 611. The Morgan fingerprint density at radius 1 is 1.25 bits per heavy atom. The first kappa shape index (κ1) is 12.9. The fourth-order valence-corrected chi connectivity index (χ4v) is 2.79. The van der Waals surface area contributed by atoms with Gasteiger partial charge in [-0.1, -0.05) is 31.2 Å². The van der Waals surface area contributed by atoms with Crippen LogP contribution in [0.5, 0.6) is 0 Å². The second kappa shape index (κ2) is 5.46. The Kier molecular flexibility index (Phi) is 3.52. The van der Waals surface area contributed by atoms with Crippen LogP contribution in [0, 0.1) is 0 Å². The van der Waals surface area contributed by atoms with Crippen LogP contribution >= 0.6 is 0 Å². The first-order chi connectivity index (χ1) is 9.83. The summed E-state index contributed by atoms with van der Waals surface area (Å²) in [6, 6.07) is 8.61. The Balaban J connectivity index is 1.71. The Morgan fingerprint density at radius 2 is 2.05 bits per heavy atom. The second-order valence-electron chi connectivity index (χ2n) is 5.03. The number of nitrogens with one attached hydrogen (secondary N) is 2. The van der Waals surface area contributed by atoms with Gasteiger partial charge in [-0.2, -0.15) is 0 Å². The molecule has 3 rings (SSSR count). The zero-order chi connectivity index (χ0) is 13.9. The molecule has 1 aliphatic rings. The van der Waals surface area contributed by atoms with E-state index in [9.17, 15) is 0 Å². The van der Waals surface area contributed by atoms with E-state index in [0.29, 0.717) is 11.7 Å². The minimum atomic E-state index is 0.570. The van der Waals surface area contributed by atoms with E-state index in [2.05, 4.69) is 51.9 Å². The number of anilines is 2. The molecule has 4 N–H and O–H groups in total. The standard InChI is InChI=1S/C15H19N5/c1-2-12-14(18-9-19-15(12)20-16)17-8-11-7-10-5-3-4-6-13(10)11/h3-6,9,11H,2,7-8,16H2,1H3,(H2,17,18,19,20). The van der Waals surface area contributed by atoms with Crippen molar-refractivity contribution in [2.75, 3.05) is 17.3 Å². The van der Waals surface area contributed by atoms with Crippen molar-refractivity contribution in [1.29, 1.82) is 0 Å². The summed E-state index contributed by atoms with van der Waals surface area (Å²) in [4.78, 5) is 8.47. The van der Waals surface area contributed by atoms with E-state index in [1.165, 1.54) is 17.5 Å². The van der Waals surface area contributed by atoms with E-state index in [-0.39, 0.29) is 0 Å². The minimum Gasteiger partial charge on any atom is -0.369 e. The normalized spacial score (nSPS) is 16.2. The maximum atomic E-state index is 5.48. The summed E-state index contributed by atoms with van der Waals surface area (Å²) in [5.41, 5.74) is 6.57. The number of hydrogen-bond acceptors (Lipinski definition) is 5. The number of benzene rings is 1. The fourth-order valence-electron chi connectivity index (χ4n) is 2.79. The van der Waals surface area contributed by atoms with Crippen molar-refractivity contribution < 1.29 is 0 Å². The maximum Gasteiger partial charge on any atom is 0.148 e. The fraction of sp³-hybridized carbons (Fsp3) is 0.333. The molecule has 1 aromatic carbocycles. The molecule has 0 saturated carbocycles. The van der Waals surface area contributed by atoms with E-state index < -0.39 is 0 Å². The molecule has 0 saturated heterocycles. The van der Waals surface area contributed by atoms with E-state index in [0.717, 1.165) is 30.8 Å². The van der Waals surface area contributed by atoms with Crippen molar-refractivity contribution in [3.63, 3.8) is 0 Å². The molecule has 0 spiro atoms. The molecule has 1 aliphatic carbocycles.